The zero-order chi connectivity index (χ0) is 16.4. The molecule has 7 heteroatoms. The van der Waals surface area contributed by atoms with Crippen LogP contribution in [0, 0.1) is 19.7 Å². The summed E-state index contributed by atoms with van der Waals surface area (Å²) in [6, 6.07) is 7.53. The van der Waals surface area contributed by atoms with Gasteiger partial charge in [0.15, 0.2) is 11.5 Å². The first-order valence-corrected chi connectivity index (χ1v) is 7.04. The first kappa shape index (κ1) is 15.0. The number of hydrogen-bond donors (Lipinski definition) is 0. The average Bonchev–Trinajstić information content (AvgIpc) is 2.90. The molecule has 0 radical (unpaired) electrons. The lowest BCUT2D eigenvalue weighted by atomic mass is 10.1. The smallest absolute Gasteiger partial charge is 0.190 e. The molecule has 0 saturated heterocycles. The highest BCUT2D eigenvalue weighted by molar-refractivity contribution is 5.96. The summed E-state index contributed by atoms with van der Waals surface area (Å²) in [5, 5.41) is 7.95. The molecule has 116 valence electrons. The lowest BCUT2D eigenvalue weighted by Crippen LogP contribution is -2.09. The third-order valence-electron chi connectivity index (χ3n) is 3.41. The van der Waals surface area contributed by atoms with Gasteiger partial charge in [-0.15, -0.1) is 5.10 Å². The minimum atomic E-state index is -0.332. The molecule has 0 saturated carbocycles. The maximum absolute atomic E-state index is 13.0. The summed E-state index contributed by atoms with van der Waals surface area (Å²) in [7, 11) is 0. The fourth-order valence-electron chi connectivity index (χ4n) is 2.27. The van der Waals surface area contributed by atoms with Crippen molar-refractivity contribution in [3.05, 3.63) is 65.3 Å². The largest absolute Gasteiger partial charge is 0.292 e. The summed E-state index contributed by atoms with van der Waals surface area (Å²) < 4.78 is 14.5. The van der Waals surface area contributed by atoms with Gasteiger partial charge in [0.25, 0.3) is 0 Å². The number of benzene rings is 1. The number of hydrogen-bond acceptors (Lipinski definition) is 5. The Kier molecular flexibility index (Phi) is 3.92. The normalized spacial score (nSPS) is 10.7. The third kappa shape index (κ3) is 3.13. The van der Waals surface area contributed by atoms with Gasteiger partial charge in [0.2, 0.25) is 0 Å². The second kappa shape index (κ2) is 6.04. The van der Waals surface area contributed by atoms with Crippen LogP contribution in [0.2, 0.25) is 0 Å². The number of nitrogens with zero attached hydrogens (tertiary/aromatic N) is 5. The van der Waals surface area contributed by atoms with E-state index in [2.05, 4.69) is 20.3 Å². The average molecular weight is 311 g/mol. The summed E-state index contributed by atoms with van der Waals surface area (Å²) in [6.07, 6.45) is 1.75. The molecule has 23 heavy (non-hydrogen) atoms. The number of carbonyl (C=O) groups excluding carboxylic acids is 1. The van der Waals surface area contributed by atoms with E-state index in [0.717, 1.165) is 0 Å². The first-order valence-electron chi connectivity index (χ1n) is 7.04. The van der Waals surface area contributed by atoms with Crippen molar-refractivity contribution in [2.75, 3.05) is 0 Å². The van der Waals surface area contributed by atoms with Crippen LogP contribution in [0.3, 0.4) is 0 Å². The van der Waals surface area contributed by atoms with Crippen molar-refractivity contribution in [3.8, 4) is 5.69 Å². The van der Waals surface area contributed by atoms with E-state index in [1.807, 2.05) is 0 Å². The van der Waals surface area contributed by atoms with Crippen molar-refractivity contribution in [1.82, 2.24) is 25.0 Å². The molecule has 2 heterocycles. The van der Waals surface area contributed by atoms with Crippen molar-refractivity contribution in [2.24, 2.45) is 0 Å². The number of carbonyl (C=O) groups is 1. The van der Waals surface area contributed by atoms with Gasteiger partial charge in [-0.25, -0.2) is 19.0 Å². The summed E-state index contributed by atoms with van der Waals surface area (Å²) in [6.45, 7) is 3.52. The Labute approximate surface area is 132 Å². The maximum atomic E-state index is 13.0. The van der Waals surface area contributed by atoms with Crippen molar-refractivity contribution in [1.29, 1.82) is 0 Å². The zero-order valence-electron chi connectivity index (χ0n) is 12.7. The lowest BCUT2D eigenvalue weighted by molar-refractivity contribution is 0.0986. The van der Waals surface area contributed by atoms with Gasteiger partial charge in [0.1, 0.15) is 11.6 Å². The highest BCUT2D eigenvalue weighted by Crippen LogP contribution is 2.14. The van der Waals surface area contributed by atoms with Crippen molar-refractivity contribution < 1.29 is 9.18 Å². The van der Waals surface area contributed by atoms with Crippen LogP contribution in [0.5, 0.6) is 0 Å². The Hall–Kier alpha value is -2.96. The second-order valence-electron chi connectivity index (χ2n) is 5.11. The van der Waals surface area contributed by atoms with Gasteiger partial charge >= 0.3 is 0 Å². The monoisotopic (exact) mass is 311 g/mol. The SMILES string of the molecule is Cc1nccc(CC(=O)c2nnn(-c3ccc(F)cc3)c2C)n1. The van der Waals surface area contributed by atoms with Crippen LogP contribution in [0.25, 0.3) is 5.69 Å². The predicted octanol–water partition coefficient (Wildman–Crippen LogP) is 2.24. The van der Waals surface area contributed by atoms with E-state index in [4.69, 9.17) is 0 Å². The Bertz CT molecular complexity index is 857. The van der Waals surface area contributed by atoms with E-state index in [9.17, 15) is 9.18 Å². The maximum Gasteiger partial charge on any atom is 0.190 e. The molecule has 3 aromatic rings. The van der Waals surface area contributed by atoms with Crippen LogP contribution in [-0.2, 0) is 6.42 Å². The number of ketones is 1. The van der Waals surface area contributed by atoms with E-state index in [1.165, 1.54) is 16.8 Å². The van der Waals surface area contributed by atoms with Gasteiger partial charge in [-0.05, 0) is 44.2 Å². The summed E-state index contributed by atoms with van der Waals surface area (Å²) in [5.41, 5.74) is 2.17. The topological polar surface area (TPSA) is 73.6 Å². The Morgan fingerprint density at radius 2 is 1.91 bits per heavy atom. The summed E-state index contributed by atoms with van der Waals surface area (Å²) >= 11 is 0. The van der Waals surface area contributed by atoms with E-state index in [-0.39, 0.29) is 23.7 Å². The van der Waals surface area contributed by atoms with Gasteiger partial charge in [0.05, 0.1) is 23.5 Å². The van der Waals surface area contributed by atoms with Crippen molar-refractivity contribution in [2.45, 2.75) is 20.3 Å². The standard InChI is InChI=1S/C16H14FN5O/c1-10-16(15(23)9-13-7-8-18-11(2)19-13)20-21-22(10)14-5-3-12(17)4-6-14/h3-8H,9H2,1-2H3. The molecule has 0 unspecified atom stereocenters. The van der Waals surface area contributed by atoms with Gasteiger partial charge in [-0.3, -0.25) is 4.79 Å². The third-order valence-corrected chi connectivity index (χ3v) is 3.41. The molecule has 2 aromatic heterocycles. The number of halogens is 1. The molecule has 0 bridgehead atoms. The van der Waals surface area contributed by atoms with Crippen LogP contribution >= 0.6 is 0 Å². The van der Waals surface area contributed by atoms with Crippen LogP contribution in [0.15, 0.2) is 36.5 Å². The number of aryl methyl sites for hydroxylation is 1. The fraction of sp³-hybridized carbons (Fsp3) is 0.188. The Morgan fingerprint density at radius 3 is 2.61 bits per heavy atom. The Morgan fingerprint density at radius 1 is 1.17 bits per heavy atom. The molecular weight excluding hydrogens is 297 g/mol. The molecule has 1 aromatic carbocycles. The van der Waals surface area contributed by atoms with E-state index >= 15 is 0 Å². The van der Waals surface area contributed by atoms with Crippen LogP contribution < -0.4 is 0 Å². The molecule has 3 rings (SSSR count). The molecule has 0 atom stereocenters. The van der Waals surface area contributed by atoms with Gasteiger partial charge in [0, 0.05) is 6.20 Å². The van der Waals surface area contributed by atoms with E-state index < -0.39 is 0 Å². The first-order chi connectivity index (χ1) is 11.0. The van der Waals surface area contributed by atoms with Crippen LogP contribution in [0.1, 0.15) is 27.7 Å². The highest BCUT2D eigenvalue weighted by Gasteiger charge is 2.18. The zero-order valence-corrected chi connectivity index (χ0v) is 12.7. The molecule has 0 N–H and O–H groups in total. The quantitative estimate of drug-likeness (QED) is 0.691. The van der Waals surface area contributed by atoms with Crippen LogP contribution in [-0.4, -0.2) is 30.7 Å². The predicted molar refractivity (Wildman–Crippen MR) is 80.9 cm³/mol. The fourth-order valence-corrected chi connectivity index (χ4v) is 2.27. The minimum absolute atomic E-state index is 0.131. The number of aromatic nitrogens is 5. The molecule has 0 aliphatic heterocycles. The van der Waals surface area contributed by atoms with Crippen molar-refractivity contribution >= 4 is 5.78 Å². The molecule has 0 aliphatic rings. The lowest BCUT2D eigenvalue weighted by Gasteiger charge is -2.03. The second-order valence-corrected chi connectivity index (χ2v) is 5.11. The van der Waals surface area contributed by atoms with Crippen molar-refractivity contribution in [3.63, 3.8) is 0 Å². The number of rotatable bonds is 4. The minimum Gasteiger partial charge on any atom is -0.292 e. The van der Waals surface area contributed by atoms with Gasteiger partial charge in [-0.1, -0.05) is 5.21 Å². The number of Topliss-reactive ketones (excluding diaryl/α,β-unsaturated/α-hetero) is 1. The molecular formula is C16H14FN5O. The molecule has 0 spiro atoms. The summed E-state index contributed by atoms with van der Waals surface area (Å²) in [5.74, 6) is 0.109. The summed E-state index contributed by atoms with van der Waals surface area (Å²) in [4.78, 5) is 20.6. The Balaban J connectivity index is 1.86. The van der Waals surface area contributed by atoms with Gasteiger partial charge < -0.3 is 0 Å². The molecule has 6 nitrogen and oxygen atoms in total. The molecule has 0 fully saturated rings. The molecule has 0 aliphatic carbocycles. The highest BCUT2D eigenvalue weighted by atomic mass is 19.1. The van der Waals surface area contributed by atoms with Crippen LogP contribution in [0.4, 0.5) is 4.39 Å². The molecule has 0 amide bonds. The van der Waals surface area contributed by atoms with E-state index in [0.29, 0.717) is 22.9 Å². The van der Waals surface area contributed by atoms with Gasteiger partial charge in [-0.2, -0.15) is 0 Å². The van der Waals surface area contributed by atoms with E-state index in [1.54, 1.807) is 38.2 Å².